The third-order valence-electron chi connectivity index (χ3n) is 1.44. The summed E-state index contributed by atoms with van der Waals surface area (Å²) in [6.07, 6.45) is 0.542. The molecule has 0 spiro atoms. The first-order valence-corrected chi connectivity index (χ1v) is 3.89. The zero-order chi connectivity index (χ0) is 9.40. The molecule has 0 aromatic heterocycles. The Morgan fingerprint density at radius 3 is 2.92 bits per heavy atom. The van der Waals surface area contributed by atoms with Crippen molar-refractivity contribution < 1.29 is 9.94 Å². The third kappa shape index (κ3) is 5.94. The Kier molecular flexibility index (Phi) is 6.41. The van der Waals surface area contributed by atoms with Gasteiger partial charge < -0.3 is 21.0 Å². The molecule has 5 nitrogen and oxygen atoms in total. The van der Waals surface area contributed by atoms with Gasteiger partial charge >= 0.3 is 0 Å². The van der Waals surface area contributed by atoms with Crippen LogP contribution in [0.3, 0.4) is 0 Å². The van der Waals surface area contributed by atoms with Gasteiger partial charge in [0, 0.05) is 26.1 Å². The van der Waals surface area contributed by atoms with E-state index in [2.05, 4.69) is 10.5 Å². The maximum absolute atomic E-state index is 8.27. The van der Waals surface area contributed by atoms with Crippen molar-refractivity contribution in [3.8, 4) is 0 Å². The average molecular weight is 175 g/mol. The molecule has 0 heterocycles. The van der Waals surface area contributed by atoms with Crippen LogP contribution in [-0.2, 0) is 4.74 Å². The van der Waals surface area contributed by atoms with Crippen molar-refractivity contribution >= 4 is 5.84 Å². The molecule has 0 saturated heterocycles. The van der Waals surface area contributed by atoms with E-state index < -0.39 is 0 Å². The quantitative estimate of drug-likeness (QED) is 0.171. The topological polar surface area (TPSA) is 79.9 Å². The fraction of sp³-hybridized carbons (Fsp3) is 0.857. The predicted octanol–water partition coefficient (Wildman–Crippen LogP) is -0.253. The van der Waals surface area contributed by atoms with E-state index in [-0.39, 0.29) is 11.9 Å². The van der Waals surface area contributed by atoms with Crippen molar-refractivity contribution in [1.29, 1.82) is 0 Å². The Labute approximate surface area is 72.6 Å². The molecule has 0 aliphatic rings. The van der Waals surface area contributed by atoms with Crippen LogP contribution < -0.4 is 11.1 Å². The number of hydrogen-bond acceptors (Lipinski definition) is 4. The number of methoxy groups -OCH3 is 1. The molecule has 1 atom stereocenters. The molecule has 0 aliphatic carbocycles. The average Bonchev–Trinajstić information content (AvgIpc) is 2.05. The summed E-state index contributed by atoms with van der Waals surface area (Å²) in [5, 5.41) is 14.3. The summed E-state index contributed by atoms with van der Waals surface area (Å²) in [5.74, 6) is 0.243. The number of nitrogens with zero attached hydrogens (tertiary/aromatic N) is 1. The van der Waals surface area contributed by atoms with Gasteiger partial charge in [-0.1, -0.05) is 5.16 Å². The SMILES string of the molecule is COCCNC(C)CC(N)=NO. The van der Waals surface area contributed by atoms with Crippen molar-refractivity contribution in [3.05, 3.63) is 0 Å². The molecule has 0 fully saturated rings. The summed E-state index contributed by atoms with van der Waals surface area (Å²) in [4.78, 5) is 0. The lowest BCUT2D eigenvalue weighted by atomic mass is 10.2. The number of ether oxygens (including phenoxy) is 1. The second kappa shape index (κ2) is 6.87. The molecule has 0 aromatic rings. The van der Waals surface area contributed by atoms with E-state index in [9.17, 15) is 0 Å². The van der Waals surface area contributed by atoms with Gasteiger partial charge in [-0.05, 0) is 6.92 Å². The molecular formula is C7H17N3O2. The first-order chi connectivity index (χ1) is 5.70. The van der Waals surface area contributed by atoms with E-state index in [1.807, 2.05) is 6.92 Å². The molecular weight excluding hydrogens is 158 g/mol. The Hall–Kier alpha value is -0.810. The lowest BCUT2D eigenvalue weighted by Crippen LogP contribution is -2.33. The van der Waals surface area contributed by atoms with Crippen LogP contribution in [0.15, 0.2) is 5.16 Å². The standard InChI is InChI=1S/C7H17N3O2/c1-6(5-7(8)10-11)9-3-4-12-2/h6,9,11H,3-5H2,1-2H3,(H2,8,10). The molecule has 4 N–H and O–H groups in total. The number of rotatable bonds is 6. The fourth-order valence-corrected chi connectivity index (χ4v) is 0.834. The maximum atomic E-state index is 8.27. The van der Waals surface area contributed by atoms with Crippen molar-refractivity contribution in [2.75, 3.05) is 20.3 Å². The second-order valence-corrected chi connectivity index (χ2v) is 2.64. The van der Waals surface area contributed by atoms with Crippen LogP contribution in [0.25, 0.3) is 0 Å². The lowest BCUT2D eigenvalue weighted by molar-refractivity contribution is 0.196. The van der Waals surface area contributed by atoms with E-state index in [0.717, 1.165) is 6.54 Å². The van der Waals surface area contributed by atoms with E-state index in [1.54, 1.807) is 7.11 Å². The van der Waals surface area contributed by atoms with E-state index in [4.69, 9.17) is 15.7 Å². The van der Waals surface area contributed by atoms with Crippen molar-refractivity contribution in [3.63, 3.8) is 0 Å². The fourth-order valence-electron chi connectivity index (χ4n) is 0.834. The molecule has 0 aromatic carbocycles. The molecule has 0 aliphatic heterocycles. The molecule has 0 bridgehead atoms. The zero-order valence-corrected chi connectivity index (χ0v) is 7.58. The van der Waals surface area contributed by atoms with Crippen LogP contribution in [0.4, 0.5) is 0 Å². The smallest absolute Gasteiger partial charge is 0.140 e. The summed E-state index contributed by atoms with van der Waals surface area (Å²) in [5.41, 5.74) is 5.31. The molecule has 0 rings (SSSR count). The van der Waals surface area contributed by atoms with Crippen LogP contribution in [0.1, 0.15) is 13.3 Å². The summed E-state index contributed by atoms with van der Waals surface area (Å²) < 4.78 is 4.85. The summed E-state index contributed by atoms with van der Waals surface area (Å²) >= 11 is 0. The minimum absolute atomic E-state index is 0.205. The highest BCUT2D eigenvalue weighted by atomic mass is 16.5. The predicted molar refractivity (Wildman–Crippen MR) is 47.4 cm³/mol. The normalized spacial score (nSPS) is 14.7. The lowest BCUT2D eigenvalue weighted by Gasteiger charge is -2.11. The van der Waals surface area contributed by atoms with Crippen molar-refractivity contribution in [2.45, 2.75) is 19.4 Å². The molecule has 0 amide bonds. The van der Waals surface area contributed by atoms with Crippen LogP contribution in [-0.4, -0.2) is 37.3 Å². The van der Waals surface area contributed by atoms with Gasteiger partial charge in [-0.3, -0.25) is 0 Å². The summed E-state index contributed by atoms with van der Waals surface area (Å²) in [6, 6.07) is 0.205. The van der Waals surface area contributed by atoms with Gasteiger partial charge in [0.25, 0.3) is 0 Å². The molecule has 1 unspecified atom stereocenters. The van der Waals surface area contributed by atoms with Gasteiger partial charge in [-0.25, -0.2) is 0 Å². The molecule has 5 heteroatoms. The van der Waals surface area contributed by atoms with Crippen LogP contribution >= 0.6 is 0 Å². The monoisotopic (exact) mass is 175 g/mol. The van der Waals surface area contributed by atoms with Gasteiger partial charge in [-0.2, -0.15) is 0 Å². The van der Waals surface area contributed by atoms with Gasteiger partial charge in [0.2, 0.25) is 0 Å². The second-order valence-electron chi connectivity index (χ2n) is 2.64. The van der Waals surface area contributed by atoms with Crippen LogP contribution in [0.2, 0.25) is 0 Å². The first kappa shape index (κ1) is 11.2. The molecule has 0 radical (unpaired) electrons. The highest BCUT2D eigenvalue weighted by Crippen LogP contribution is 1.89. The summed E-state index contributed by atoms with van der Waals surface area (Å²) in [7, 11) is 1.65. The van der Waals surface area contributed by atoms with E-state index in [1.165, 1.54) is 0 Å². The zero-order valence-electron chi connectivity index (χ0n) is 7.58. The van der Waals surface area contributed by atoms with Gasteiger partial charge in [0.05, 0.1) is 6.61 Å². The van der Waals surface area contributed by atoms with Crippen molar-refractivity contribution in [2.24, 2.45) is 10.9 Å². The third-order valence-corrected chi connectivity index (χ3v) is 1.44. The Morgan fingerprint density at radius 1 is 1.75 bits per heavy atom. The Bertz CT molecular complexity index is 139. The minimum Gasteiger partial charge on any atom is -0.409 e. The maximum Gasteiger partial charge on any atom is 0.140 e. The first-order valence-electron chi connectivity index (χ1n) is 3.89. The molecule has 72 valence electrons. The van der Waals surface area contributed by atoms with Crippen LogP contribution in [0.5, 0.6) is 0 Å². The van der Waals surface area contributed by atoms with Crippen LogP contribution in [0, 0.1) is 0 Å². The molecule has 12 heavy (non-hydrogen) atoms. The number of nitrogens with one attached hydrogen (secondary N) is 1. The number of hydrogen-bond donors (Lipinski definition) is 3. The number of nitrogens with two attached hydrogens (primary N) is 1. The Balaban J connectivity index is 3.39. The van der Waals surface area contributed by atoms with Gasteiger partial charge in [0.15, 0.2) is 0 Å². The highest BCUT2D eigenvalue weighted by molar-refractivity contribution is 5.80. The van der Waals surface area contributed by atoms with Crippen molar-refractivity contribution in [1.82, 2.24) is 5.32 Å². The Morgan fingerprint density at radius 2 is 2.42 bits per heavy atom. The van der Waals surface area contributed by atoms with E-state index >= 15 is 0 Å². The summed E-state index contributed by atoms with van der Waals surface area (Å²) in [6.45, 7) is 3.41. The number of amidine groups is 1. The van der Waals surface area contributed by atoms with E-state index in [0.29, 0.717) is 13.0 Å². The largest absolute Gasteiger partial charge is 0.409 e. The van der Waals surface area contributed by atoms with Gasteiger partial charge in [-0.15, -0.1) is 0 Å². The van der Waals surface area contributed by atoms with Gasteiger partial charge in [0.1, 0.15) is 5.84 Å². The molecule has 0 saturated carbocycles. The minimum atomic E-state index is 0.205. The number of oxime groups is 1. The highest BCUT2D eigenvalue weighted by Gasteiger charge is 2.02.